The molecule has 6 nitrogen and oxygen atoms in total. The van der Waals surface area contributed by atoms with E-state index in [-0.39, 0.29) is 17.1 Å². The summed E-state index contributed by atoms with van der Waals surface area (Å²) in [5.74, 6) is 7.49. The number of ether oxygens (including phenoxy) is 3. The minimum atomic E-state index is -3.77. The zero-order chi connectivity index (χ0) is 29.0. The lowest BCUT2D eigenvalue weighted by Gasteiger charge is -2.25. The van der Waals surface area contributed by atoms with E-state index in [1.165, 1.54) is 25.3 Å². The average molecular weight is 565 g/mol. The SMILES string of the molecule is COCC#C/C(=C/C#CC(OC)(C(=O)OCCS(=O)(=O)c1ccccc1)c1cc(F)cc(F)c1)c1ccccc1. The molecule has 3 aromatic rings. The van der Waals surface area contributed by atoms with Gasteiger partial charge in [-0.3, -0.25) is 0 Å². The van der Waals surface area contributed by atoms with Crippen LogP contribution in [-0.4, -0.2) is 47.6 Å². The Labute approximate surface area is 232 Å². The van der Waals surface area contributed by atoms with Crippen LogP contribution in [0.3, 0.4) is 0 Å². The number of carbonyl (C=O) groups is 1. The summed E-state index contributed by atoms with van der Waals surface area (Å²) in [6.07, 6.45) is 1.43. The van der Waals surface area contributed by atoms with Crippen molar-refractivity contribution in [2.45, 2.75) is 10.5 Å². The molecule has 0 amide bonds. The molecule has 0 bridgehead atoms. The van der Waals surface area contributed by atoms with Crippen molar-refractivity contribution in [3.05, 3.63) is 108 Å². The number of rotatable bonds is 9. The van der Waals surface area contributed by atoms with Crippen molar-refractivity contribution in [2.75, 3.05) is 33.2 Å². The molecule has 0 heterocycles. The largest absolute Gasteiger partial charge is 0.461 e. The van der Waals surface area contributed by atoms with E-state index in [9.17, 15) is 22.0 Å². The van der Waals surface area contributed by atoms with Gasteiger partial charge in [-0.2, -0.15) is 0 Å². The molecule has 3 aromatic carbocycles. The summed E-state index contributed by atoms with van der Waals surface area (Å²) in [4.78, 5) is 13.4. The molecule has 0 aliphatic heterocycles. The molecule has 0 N–H and O–H groups in total. The van der Waals surface area contributed by atoms with Crippen molar-refractivity contribution >= 4 is 21.4 Å². The van der Waals surface area contributed by atoms with Crippen LogP contribution in [0.15, 0.2) is 89.8 Å². The van der Waals surface area contributed by atoms with Gasteiger partial charge in [-0.25, -0.2) is 22.0 Å². The van der Waals surface area contributed by atoms with E-state index in [0.717, 1.165) is 24.8 Å². The van der Waals surface area contributed by atoms with Crippen LogP contribution in [0, 0.1) is 35.3 Å². The van der Waals surface area contributed by atoms with Crippen LogP contribution in [0.2, 0.25) is 0 Å². The lowest BCUT2D eigenvalue weighted by molar-refractivity contribution is -0.162. The molecular formula is C31H26F2O6S. The number of hydrogen-bond donors (Lipinski definition) is 0. The fourth-order valence-electron chi connectivity index (χ4n) is 3.56. The molecule has 0 aliphatic rings. The second kappa shape index (κ2) is 14.2. The van der Waals surface area contributed by atoms with Crippen molar-refractivity contribution in [3.8, 4) is 23.7 Å². The third-order valence-corrected chi connectivity index (χ3v) is 7.23. The summed E-state index contributed by atoms with van der Waals surface area (Å²) >= 11 is 0. The van der Waals surface area contributed by atoms with Gasteiger partial charge in [-0.05, 0) is 35.7 Å². The Kier molecular flexibility index (Phi) is 10.7. The summed E-state index contributed by atoms with van der Waals surface area (Å²) in [6, 6.07) is 19.1. The first kappa shape index (κ1) is 30.3. The van der Waals surface area contributed by atoms with Gasteiger partial charge in [0.1, 0.15) is 24.8 Å². The zero-order valence-electron chi connectivity index (χ0n) is 21.8. The molecule has 3 rings (SSSR count). The van der Waals surface area contributed by atoms with E-state index in [0.29, 0.717) is 11.6 Å². The Balaban J connectivity index is 1.99. The highest BCUT2D eigenvalue weighted by Gasteiger charge is 2.42. The van der Waals surface area contributed by atoms with Crippen molar-refractivity contribution in [1.82, 2.24) is 0 Å². The van der Waals surface area contributed by atoms with Crippen molar-refractivity contribution in [1.29, 1.82) is 0 Å². The minimum absolute atomic E-state index is 0.0595. The van der Waals surface area contributed by atoms with E-state index in [1.807, 2.05) is 30.3 Å². The van der Waals surface area contributed by atoms with E-state index in [4.69, 9.17) is 14.2 Å². The molecule has 206 valence electrons. The van der Waals surface area contributed by atoms with Gasteiger partial charge in [0, 0.05) is 37.5 Å². The van der Waals surface area contributed by atoms with Gasteiger partial charge in [0.05, 0.1) is 10.6 Å². The van der Waals surface area contributed by atoms with Crippen molar-refractivity contribution in [3.63, 3.8) is 0 Å². The number of esters is 1. The highest BCUT2D eigenvalue weighted by Crippen LogP contribution is 2.28. The molecule has 9 heteroatoms. The predicted molar refractivity (Wildman–Crippen MR) is 146 cm³/mol. The smallest absolute Gasteiger partial charge is 0.356 e. The second-order valence-electron chi connectivity index (χ2n) is 8.24. The van der Waals surface area contributed by atoms with Crippen LogP contribution in [0.4, 0.5) is 8.78 Å². The molecule has 1 atom stereocenters. The van der Waals surface area contributed by atoms with Gasteiger partial charge in [-0.15, -0.1) is 0 Å². The van der Waals surface area contributed by atoms with Gasteiger partial charge in [0.15, 0.2) is 9.84 Å². The Bertz CT molecular complexity index is 1560. The molecule has 0 radical (unpaired) electrons. The summed E-state index contributed by atoms with van der Waals surface area (Å²) in [6.45, 7) is -0.380. The molecule has 0 saturated carbocycles. The minimum Gasteiger partial charge on any atom is -0.461 e. The fraction of sp³-hybridized carbons (Fsp3) is 0.194. The Morgan fingerprint density at radius 1 is 0.950 bits per heavy atom. The summed E-state index contributed by atoms with van der Waals surface area (Å²) in [5.41, 5.74) is -1.33. The monoisotopic (exact) mass is 564 g/mol. The van der Waals surface area contributed by atoms with Crippen LogP contribution in [0.25, 0.3) is 5.57 Å². The van der Waals surface area contributed by atoms with Crippen LogP contribution >= 0.6 is 0 Å². The number of sulfone groups is 1. The maximum atomic E-state index is 14.2. The second-order valence-corrected chi connectivity index (χ2v) is 10.3. The molecule has 0 fully saturated rings. The Morgan fingerprint density at radius 2 is 1.57 bits per heavy atom. The van der Waals surface area contributed by atoms with E-state index >= 15 is 0 Å². The highest BCUT2D eigenvalue weighted by atomic mass is 32.2. The number of benzene rings is 3. The average Bonchev–Trinajstić information content (AvgIpc) is 2.95. The normalized spacial score (nSPS) is 12.8. The Hall–Kier alpha value is -4.28. The predicted octanol–water partition coefficient (Wildman–Crippen LogP) is 4.56. The lowest BCUT2D eigenvalue weighted by atomic mass is 9.93. The third-order valence-electron chi connectivity index (χ3n) is 5.54. The maximum absolute atomic E-state index is 14.2. The van der Waals surface area contributed by atoms with Gasteiger partial charge in [0.2, 0.25) is 0 Å². The maximum Gasteiger partial charge on any atom is 0.356 e. The third kappa shape index (κ3) is 7.87. The quantitative estimate of drug-likeness (QED) is 0.280. The lowest BCUT2D eigenvalue weighted by Crippen LogP contribution is -2.39. The summed E-state index contributed by atoms with van der Waals surface area (Å²) in [7, 11) is -1.14. The van der Waals surface area contributed by atoms with Crippen molar-refractivity contribution < 1.29 is 36.2 Å². The first-order valence-corrected chi connectivity index (χ1v) is 13.6. The molecule has 0 aliphatic carbocycles. The number of hydrogen-bond acceptors (Lipinski definition) is 6. The highest BCUT2D eigenvalue weighted by molar-refractivity contribution is 7.91. The summed E-state index contributed by atoms with van der Waals surface area (Å²) in [5, 5.41) is 0. The number of carbonyl (C=O) groups excluding carboxylic acids is 1. The van der Waals surface area contributed by atoms with E-state index in [2.05, 4.69) is 23.7 Å². The zero-order valence-corrected chi connectivity index (χ0v) is 22.6. The number of allylic oxidation sites excluding steroid dienone is 2. The van der Waals surface area contributed by atoms with Gasteiger partial charge < -0.3 is 14.2 Å². The first-order chi connectivity index (χ1) is 19.2. The number of methoxy groups -OCH3 is 2. The molecule has 0 aromatic heterocycles. The molecule has 1 unspecified atom stereocenters. The number of halogens is 2. The van der Waals surface area contributed by atoms with Gasteiger partial charge in [-0.1, -0.05) is 66.3 Å². The summed E-state index contributed by atoms with van der Waals surface area (Å²) < 4.78 is 69.2. The molecule has 0 saturated heterocycles. The van der Waals surface area contributed by atoms with Crippen LogP contribution in [-0.2, 0) is 34.4 Å². The standard InChI is InChI=1S/C31H26F2O6S/c1-37-18-10-14-25(24-11-5-3-6-12-24)13-9-17-31(38-2,26-21-27(32)23-28(33)22-26)30(34)39-19-20-40(35,36)29-15-7-4-8-16-29/h3-8,11-13,15-16,21-23H,18-20H2,1-2H3/b25-13-. The van der Waals surface area contributed by atoms with E-state index < -0.39 is 45.4 Å². The Morgan fingerprint density at radius 3 is 2.17 bits per heavy atom. The van der Waals surface area contributed by atoms with Crippen molar-refractivity contribution in [2.24, 2.45) is 0 Å². The first-order valence-electron chi connectivity index (χ1n) is 11.9. The van der Waals surface area contributed by atoms with E-state index in [1.54, 1.807) is 18.2 Å². The van der Waals surface area contributed by atoms with Gasteiger partial charge >= 0.3 is 5.97 Å². The van der Waals surface area contributed by atoms with Crippen LogP contribution in [0.1, 0.15) is 11.1 Å². The molecule has 0 spiro atoms. The fourth-order valence-corrected chi connectivity index (χ4v) is 4.67. The topological polar surface area (TPSA) is 78.9 Å². The molecule has 40 heavy (non-hydrogen) atoms. The van der Waals surface area contributed by atoms with Crippen LogP contribution in [0.5, 0.6) is 0 Å². The van der Waals surface area contributed by atoms with Gasteiger partial charge in [0.25, 0.3) is 5.60 Å². The van der Waals surface area contributed by atoms with Crippen LogP contribution < -0.4 is 0 Å². The molecular weight excluding hydrogens is 538 g/mol.